The molecule has 1 fully saturated rings. The fourth-order valence-electron chi connectivity index (χ4n) is 3.62. The van der Waals surface area contributed by atoms with E-state index in [9.17, 15) is 24.3 Å². The molecule has 36 heavy (non-hydrogen) atoms. The minimum atomic E-state index is -1.29. The molecule has 2 aromatic rings. The molecule has 3 rings (SSSR count). The van der Waals surface area contributed by atoms with Crippen molar-refractivity contribution in [3.8, 4) is 16.2 Å². The average Bonchev–Trinajstić information content (AvgIpc) is 3.13. The van der Waals surface area contributed by atoms with Gasteiger partial charge in [-0.25, -0.2) is 14.4 Å². The second-order valence-electron chi connectivity index (χ2n) is 9.22. The predicted octanol–water partition coefficient (Wildman–Crippen LogP) is 4.82. The van der Waals surface area contributed by atoms with E-state index in [1.54, 1.807) is 49.9 Å². The van der Waals surface area contributed by atoms with Gasteiger partial charge >= 0.3 is 18.0 Å². The Hall–Kier alpha value is -3.31. The Balaban J connectivity index is 1.69. The van der Waals surface area contributed by atoms with Crippen molar-refractivity contribution < 1.29 is 38.9 Å². The lowest BCUT2D eigenvalue weighted by atomic mass is 9.97. The molecular weight excluding hydrogens is 512 g/mol. The van der Waals surface area contributed by atoms with Gasteiger partial charge in [0, 0.05) is 18.8 Å². The molecule has 194 valence electrons. The van der Waals surface area contributed by atoms with E-state index in [0.717, 1.165) is 11.3 Å². The number of aliphatic carboxylic acids is 1. The first kappa shape index (κ1) is 27.3. The van der Waals surface area contributed by atoms with Crippen LogP contribution >= 0.6 is 22.9 Å². The number of hydrogen-bond acceptors (Lipinski definition) is 7. The van der Waals surface area contributed by atoms with Gasteiger partial charge in [0.05, 0.1) is 10.8 Å². The molecule has 10 nitrogen and oxygen atoms in total. The summed E-state index contributed by atoms with van der Waals surface area (Å²) in [5, 5.41) is 21.1. The van der Waals surface area contributed by atoms with Crippen LogP contribution in [0.15, 0.2) is 24.3 Å². The molecule has 1 aliphatic heterocycles. The van der Waals surface area contributed by atoms with Gasteiger partial charge in [-0.1, -0.05) is 23.7 Å². The van der Waals surface area contributed by atoms with E-state index in [0.29, 0.717) is 35.5 Å². The molecule has 1 aromatic carbocycles. The summed E-state index contributed by atoms with van der Waals surface area (Å²) < 4.78 is 10.5. The molecule has 2 heterocycles. The Morgan fingerprint density at radius 1 is 1.17 bits per heavy atom. The first-order valence-corrected chi connectivity index (χ1v) is 12.3. The van der Waals surface area contributed by atoms with E-state index in [4.69, 9.17) is 26.2 Å². The van der Waals surface area contributed by atoms with Crippen LogP contribution in [0.25, 0.3) is 10.4 Å². The molecule has 2 amide bonds. The van der Waals surface area contributed by atoms with Crippen molar-refractivity contribution in [3.05, 3.63) is 34.2 Å². The maximum atomic E-state index is 12.8. The molecule has 1 unspecified atom stereocenters. The Labute approximate surface area is 216 Å². The number of carbonyl (C=O) groups excluding carboxylic acids is 2. The monoisotopic (exact) mass is 538 g/mol. The van der Waals surface area contributed by atoms with Crippen LogP contribution in [-0.4, -0.2) is 64.3 Å². The van der Waals surface area contributed by atoms with Crippen LogP contribution in [0.3, 0.4) is 0 Å². The first-order chi connectivity index (χ1) is 16.9. The van der Waals surface area contributed by atoms with E-state index < -0.39 is 30.2 Å². The molecule has 1 atom stereocenters. The highest BCUT2D eigenvalue weighted by Crippen LogP contribution is 2.45. The third-order valence-electron chi connectivity index (χ3n) is 5.20. The number of carboxylic acid groups (broad SMARTS) is 2. The number of hydrogen-bond donors (Lipinski definition) is 3. The van der Waals surface area contributed by atoms with Crippen LogP contribution in [0.4, 0.5) is 10.5 Å². The fourth-order valence-corrected chi connectivity index (χ4v) is 5.03. The maximum absolute atomic E-state index is 12.8. The van der Waals surface area contributed by atoms with Crippen LogP contribution in [0.1, 0.15) is 43.3 Å². The predicted molar refractivity (Wildman–Crippen MR) is 134 cm³/mol. The normalized spacial score (nSPS) is 15.8. The van der Waals surface area contributed by atoms with Crippen LogP contribution in [0.2, 0.25) is 5.02 Å². The zero-order chi connectivity index (χ0) is 26.6. The number of aromatic carboxylic acids is 1. The molecule has 0 bridgehead atoms. The number of ether oxygens (including phenoxy) is 2. The molecule has 1 saturated heterocycles. The van der Waals surface area contributed by atoms with Crippen LogP contribution in [-0.2, 0) is 14.3 Å². The number of benzene rings is 1. The fraction of sp³-hybridized carbons (Fsp3) is 0.417. The number of carbonyl (C=O) groups is 4. The molecule has 0 aliphatic carbocycles. The third-order valence-corrected chi connectivity index (χ3v) is 6.88. The SMILES string of the molecule is CC(C)(C)OC(=O)N1CCCC(C(=O)Nc2ccc(-c3sc(C(=O)O)c(OCC(=O)O)c3Cl)cc2)C1. The van der Waals surface area contributed by atoms with Gasteiger partial charge in [0.1, 0.15) is 10.6 Å². The summed E-state index contributed by atoms with van der Waals surface area (Å²) in [6.07, 6.45) is 0.890. The summed E-state index contributed by atoms with van der Waals surface area (Å²) in [7, 11) is 0. The average molecular weight is 539 g/mol. The summed E-state index contributed by atoms with van der Waals surface area (Å²) in [5.74, 6) is -3.35. The van der Waals surface area contributed by atoms with E-state index in [2.05, 4.69) is 5.32 Å². The Kier molecular flexibility index (Phi) is 8.47. The van der Waals surface area contributed by atoms with Crippen molar-refractivity contribution in [2.45, 2.75) is 39.2 Å². The van der Waals surface area contributed by atoms with Crippen LogP contribution in [0, 0.1) is 5.92 Å². The zero-order valence-corrected chi connectivity index (χ0v) is 21.6. The number of thiophene rings is 1. The van der Waals surface area contributed by atoms with Crippen molar-refractivity contribution in [1.29, 1.82) is 0 Å². The van der Waals surface area contributed by atoms with Gasteiger partial charge < -0.3 is 29.9 Å². The van der Waals surface area contributed by atoms with E-state index in [1.165, 1.54) is 0 Å². The maximum Gasteiger partial charge on any atom is 0.410 e. The second-order valence-corrected chi connectivity index (χ2v) is 10.6. The lowest BCUT2D eigenvalue weighted by molar-refractivity contribution is -0.139. The highest BCUT2D eigenvalue weighted by Gasteiger charge is 2.31. The quantitative estimate of drug-likeness (QED) is 0.455. The van der Waals surface area contributed by atoms with Gasteiger partial charge in [0.25, 0.3) is 0 Å². The van der Waals surface area contributed by atoms with Gasteiger partial charge in [0.2, 0.25) is 5.91 Å². The minimum Gasteiger partial charge on any atom is -0.479 e. The Morgan fingerprint density at radius 2 is 1.83 bits per heavy atom. The van der Waals surface area contributed by atoms with Crippen molar-refractivity contribution >= 4 is 52.6 Å². The molecule has 1 aliphatic rings. The number of anilines is 1. The number of rotatable bonds is 7. The molecule has 3 N–H and O–H groups in total. The number of carboxylic acids is 2. The van der Waals surface area contributed by atoms with Crippen molar-refractivity contribution in [1.82, 2.24) is 4.90 Å². The summed E-state index contributed by atoms with van der Waals surface area (Å²) in [4.78, 5) is 49.3. The van der Waals surface area contributed by atoms with E-state index >= 15 is 0 Å². The summed E-state index contributed by atoms with van der Waals surface area (Å²) in [6.45, 7) is 5.44. The van der Waals surface area contributed by atoms with Crippen molar-refractivity contribution in [3.63, 3.8) is 0 Å². The van der Waals surface area contributed by atoms with E-state index in [1.807, 2.05) is 0 Å². The molecule has 0 spiro atoms. The van der Waals surface area contributed by atoms with Gasteiger partial charge in [-0.2, -0.15) is 0 Å². The summed E-state index contributed by atoms with van der Waals surface area (Å²) >= 11 is 7.18. The van der Waals surface area contributed by atoms with Crippen molar-refractivity contribution in [2.24, 2.45) is 5.92 Å². The lowest BCUT2D eigenvalue weighted by Crippen LogP contribution is -2.45. The number of halogens is 1. The third kappa shape index (κ3) is 6.88. The van der Waals surface area contributed by atoms with Crippen LogP contribution in [0.5, 0.6) is 5.75 Å². The molecule has 1 aromatic heterocycles. The smallest absolute Gasteiger partial charge is 0.410 e. The molecule has 0 radical (unpaired) electrons. The number of likely N-dealkylation sites (tertiary alicyclic amines) is 1. The highest BCUT2D eigenvalue weighted by atomic mass is 35.5. The first-order valence-electron chi connectivity index (χ1n) is 11.1. The Morgan fingerprint density at radius 3 is 2.42 bits per heavy atom. The van der Waals surface area contributed by atoms with Gasteiger partial charge in [-0.3, -0.25) is 4.79 Å². The number of amides is 2. The van der Waals surface area contributed by atoms with Gasteiger partial charge in [-0.15, -0.1) is 11.3 Å². The second kappa shape index (κ2) is 11.2. The largest absolute Gasteiger partial charge is 0.479 e. The molecular formula is C24H27ClN2O8S. The number of nitrogens with zero attached hydrogens (tertiary/aromatic N) is 1. The van der Waals surface area contributed by atoms with Crippen LogP contribution < -0.4 is 10.1 Å². The van der Waals surface area contributed by atoms with Crippen molar-refractivity contribution in [2.75, 3.05) is 25.0 Å². The zero-order valence-electron chi connectivity index (χ0n) is 20.0. The standard InChI is InChI=1S/C24H27ClN2O8S/c1-24(2,3)35-23(33)27-10-4-5-14(11-27)21(30)26-15-8-6-13(7-9-15)19-17(25)18(34-12-16(28)29)20(36-19)22(31)32/h6-9,14H,4-5,10-12H2,1-3H3,(H,26,30)(H,28,29)(H,31,32). The van der Waals surface area contributed by atoms with Gasteiger partial charge in [0.15, 0.2) is 17.2 Å². The highest BCUT2D eigenvalue weighted by molar-refractivity contribution is 7.18. The summed E-state index contributed by atoms with van der Waals surface area (Å²) in [5.41, 5.74) is 0.476. The van der Waals surface area contributed by atoms with Gasteiger partial charge in [-0.05, 0) is 51.3 Å². The Bertz CT molecular complexity index is 1160. The molecule has 12 heteroatoms. The number of nitrogens with one attached hydrogen (secondary N) is 1. The minimum absolute atomic E-state index is 0.000115. The lowest BCUT2D eigenvalue weighted by Gasteiger charge is -2.33. The number of piperidine rings is 1. The summed E-state index contributed by atoms with van der Waals surface area (Å²) in [6, 6.07) is 6.62. The van der Waals surface area contributed by atoms with E-state index in [-0.39, 0.29) is 34.0 Å². The molecule has 0 saturated carbocycles. The topological polar surface area (TPSA) is 142 Å².